The minimum Gasteiger partial charge on any atom is -0.349 e. The van der Waals surface area contributed by atoms with Crippen LogP contribution in [-0.2, 0) is 16.3 Å². The van der Waals surface area contributed by atoms with Crippen LogP contribution >= 0.6 is 6.26 Å². The molecule has 0 aliphatic rings. The van der Waals surface area contributed by atoms with Gasteiger partial charge in [0.05, 0.1) is 12.9 Å². The third kappa shape index (κ3) is 5.26. The maximum Gasteiger partial charge on any atom is 0.0669 e. The summed E-state index contributed by atoms with van der Waals surface area (Å²) in [7, 11) is 4.09. The Balaban J connectivity index is 3.67. The number of likely N-dealkylation sites (N-methyl/N-ethyl adjacent to an activating group) is 1. The van der Waals surface area contributed by atoms with Gasteiger partial charge in [0.2, 0.25) is 0 Å². The lowest BCUT2D eigenvalue weighted by molar-refractivity contribution is 0.281. The molecule has 0 radical (unpaired) electrons. The predicted octanol–water partition coefficient (Wildman–Crippen LogP) is 2.00. The molecule has 0 aliphatic heterocycles. The van der Waals surface area contributed by atoms with Crippen molar-refractivity contribution in [3.63, 3.8) is 0 Å². The van der Waals surface area contributed by atoms with E-state index in [-0.39, 0.29) is 0 Å². The van der Waals surface area contributed by atoms with Crippen molar-refractivity contribution >= 4 is 18.1 Å². The van der Waals surface area contributed by atoms with E-state index in [1.54, 1.807) is 0 Å². The number of nitrogens with zero attached hydrogens (tertiary/aromatic N) is 1. The molecule has 0 bridgehead atoms. The summed E-state index contributed by atoms with van der Waals surface area (Å²) in [5.74, 6) is 0. The summed E-state index contributed by atoms with van der Waals surface area (Å²) < 4.78 is 5.72. The summed E-state index contributed by atoms with van der Waals surface area (Å²) in [4.78, 5) is 2.12. The van der Waals surface area contributed by atoms with Crippen molar-refractivity contribution in [2.45, 2.75) is 13.8 Å². The van der Waals surface area contributed by atoms with Crippen LogP contribution in [0, 0.1) is 0 Å². The molecule has 0 aromatic rings. The molecule has 0 atom stereocenters. The second-order valence-electron chi connectivity index (χ2n) is 3.08. The summed E-state index contributed by atoms with van der Waals surface area (Å²) >= 11 is 5.43. The van der Waals surface area contributed by atoms with E-state index in [1.165, 1.54) is 0 Å². The fourth-order valence-corrected chi connectivity index (χ4v) is 2.25. The standard InChI is InChI=1S/C8H20NOPS/c1-5-11(12,6-2)10-8-7-9(3)4/h5-8H2,1-4H3. The van der Waals surface area contributed by atoms with Crippen molar-refractivity contribution < 1.29 is 4.52 Å². The molecule has 0 aliphatic carbocycles. The number of hydrogen-bond acceptors (Lipinski definition) is 3. The van der Waals surface area contributed by atoms with Gasteiger partial charge in [-0.1, -0.05) is 25.7 Å². The van der Waals surface area contributed by atoms with Gasteiger partial charge >= 0.3 is 0 Å². The first-order chi connectivity index (χ1) is 5.54. The topological polar surface area (TPSA) is 12.5 Å². The molecule has 0 amide bonds. The van der Waals surface area contributed by atoms with Gasteiger partial charge in [0.1, 0.15) is 0 Å². The monoisotopic (exact) mass is 209 g/mol. The van der Waals surface area contributed by atoms with Gasteiger partial charge in [0.15, 0.2) is 0 Å². The summed E-state index contributed by atoms with van der Waals surface area (Å²) in [5, 5.41) is 0. The summed E-state index contributed by atoms with van der Waals surface area (Å²) in [5.41, 5.74) is 0. The van der Waals surface area contributed by atoms with E-state index in [2.05, 4.69) is 18.7 Å². The van der Waals surface area contributed by atoms with Gasteiger partial charge in [0.25, 0.3) is 0 Å². The first kappa shape index (κ1) is 12.6. The van der Waals surface area contributed by atoms with E-state index in [4.69, 9.17) is 16.3 Å². The minimum absolute atomic E-state index is 0.784. The summed E-state index contributed by atoms with van der Waals surface area (Å²) in [6.45, 7) is 6.00. The molecule has 2 nitrogen and oxygen atoms in total. The van der Waals surface area contributed by atoms with Crippen LogP contribution in [0.15, 0.2) is 0 Å². The van der Waals surface area contributed by atoms with E-state index in [9.17, 15) is 0 Å². The van der Waals surface area contributed by atoms with Gasteiger partial charge < -0.3 is 9.42 Å². The zero-order valence-corrected chi connectivity index (χ0v) is 10.3. The average Bonchev–Trinajstić information content (AvgIpc) is 2.03. The SMILES string of the molecule is CCP(=S)(CC)OCCN(C)C. The van der Waals surface area contributed by atoms with Crippen molar-refractivity contribution in [1.29, 1.82) is 0 Å². The van der Waals surface area contributed by atoms with Gasteiger partial charge in [-0.3, -0.25) is 0 Å². The molecule has 0 N–H and O–H groups in total. The van der Waals surface area contributed by atoms with E-state index < -0.39 is 6.26 Å². The van der Waals surface area contributed by atoms with E-state index in [0.717, 1.165) is 25.5 Å². The highest BCUT2D eigenvalue weighted by atomic mass is 32.4. The maximum absolute atomic E-state index is 5.72. The van der Waals surface area contributed by atoms with E-state index in [0.29, 0.717) is 0 Å². The molecule has 0 saturated heterocycles. The van der Waals surface area contributed by atoms with Crippen LogP contribution < -0.4 is 0 Å². The van der Waals surface area contributed by atoms with Crippen LogP contribution in [0.2, 0.25) is 0 Å². The second kappa shape index (κ2) is 6.09. The molecule has 12 heavy (non-hydrogen) atoms. The summed E-state index contributed by atoms with van der Waals surface area (Å²) in [6.07, 6.45) is 0.610. The molecule has 0 aromatic carbocycles. The molecule has 4 heteroatoms. The van der Waals surface area contributed by atoms with E-state index in [1.807, 2.05) is 14.1 Å². The fourth-order valence-electron chi connectivity index (χ4n) is 0.796. The zero-order valence-electron chi connectivity index (χ0n) is 8.54. The van der Waals surface area contributed by atoms with Crippen LogP contribution in [0.5, 0.6) is 0 Å². The largest absolute Gasteiger partial charge is 0.349 e. The van der Waals surface area contributed by atoms with Crippen LogP contribution in [0.4, 0.5) is 0 Å². The highest BCUT2D eigenvalue weighted by Crippen LogP contribution is 2.45. The molecule has 0 rings (SSSR count). The normalized spacial score (nSPS) is 12.4. The van der Waals surface area contributed by atoms with Crippen molar-refractivity contribution in [3.05, 3.63) is 0 Å². The van der Waals surface area contributed by atoms with Crippen LogP contribution in [0.1, 0.15) is 13.8 Å². The van der Waals surface area contributed by atoms with Crippen LogP contribution in [-0.4, -0.2) is 44.5 Å². The fraction of sp³-hybridized carbons (Fsp3) is 1.00. The molecule has 74 valence electrons. The highest BCUT2D eigenvalue weighted by Gasteiger charge is 2.11. The van der Waals surface area contributed by atoms with Crippen molar-refractivity contribution in [2.24, 2.45) is 0 Å². The Morgan fingerprint density at radius 1 is 1.25 bits per heavy atom. The Morgan fingerprint density at radius 2 is 1.75 bits per heavy atom. The van der Waals surface area contributed by atoms with Crippen molar-refractivity contribution in [3.8, 4) is 0 Å². The van der Waals surface area contributed by atoms with Crippen molar-refractivity contribution in [2.75, 3.05) is 39.6 Å². The third-order valence-electron chi connectivity index (χ3n) is 1.83. The molecule has 0 heterocycles. The molecule has 0 unspecified atom stereocenters. The first-order valence-corrected chi connectivity index (χ1v) is 7.50. The second-order valence-corrected chi connectivity index (χ2v) is 8.23. The Kier molecular flexibility index (Phi) is 6.38. The average molecular weight is 209 g/mol. The molecule has 0 aromatic heterocycles. The van der Waals surface area contributed by atoms with Gasteiger partial charge in [-0.15, -0.1) is 0 Å². The summed E-state index contributed by atoms with van der Waals surface area (Å²) in [6, 6.07) is 0. The Morgan fingerprint density at radius 3 is 2.08 bits per heavy atom. The molecule has 0 fully saturated rings. The van der Waals surface area contributed by atoms with Gasteiger partial charge in [0, 0.05) is 6.54 Å². The third-order valence-corrected chi connectivity index (χ3v) is 6.27. The quantitative estimate of drug-likeness (QED) is 0.621. The molecule has 0 saturated carbocycles. The Bertz CT molecular complexity index is 153. The first-order valence-electron chi connectivity index (χ1n) is 4.41. The number of hydrogen-bond donors (Lipinski definition) is 0. The Labute approximate surface area is 81.4 Å². The number of rotatable bonds is 6. The lowest BCUT2D eigenvalue weighted by atomic mass is 10.6. The maximum atomic E-state index is 5.72. The lowest BCUT2D eigenvalue weighted by Crippen LogP contribution is -2.17. The minimum atomic E-state index is -1.43. The van der Waals surface area contributed by atoms with Gasteiger partial charge in [-0.25, -0.2) is 0 Å². The Hall–Kier alpha value is 0.570. The van der Waals surface area contributed by atoms with Crippen LogP contribution in [0.25, 0.3) is 0 Å². The lowest BCUT2D eigenvalue weighted by Gasteiger charge is -2.20. The molecule has 0 spiro atoms. The predicted molar refractivity (Wildman–Crippen MR) is 59.9 cm³/mol. The van der Waals surface area contributed by atoms with Crippen LogP contribution in [0.3, 0.4) is 0 Å². The van der Waals surface area contributed by atoms with Gasteiger partial charge in [-0.05, 0) is 26.4 Å². The zero-order chi connectivity index (χ0) is 9.61. The van der Waals surface area contributed by atoms with E-state index >= 15 is 0 Å². The molecular weight excluding hydrogens is 189 g/mol. The smallest absolute Gasteiger partial charge is 0.0669 e. The highest BCUT2D eigenvalue weighted by molar-refractivity contribution is 8.12. The molecular formula is C8H20NOPS. The van der Waals surface area contributed by atoms with Gasteiger partial charge in [-0.2, -0.15) is 0 Å². The van der Waals surface area contributed by atoms with Crippen molar-refractivity contribution in [1.82, 2.24) is 4.90 Å².